The van der Waals surface area contributed by atoms with Gasteiger partial charge in [-0.2, -0.15) is 0 Å². The molecule has 1 amide bonds. The van der Waals surface area contributed by atoms with Gasteiger partial charge in [0.2, 0.25) is 0 Å². The van der Waals surface area contributed by atoms with Gasteiger partial charge < -0.3 is 10.4 Å². The van der Waals surface area contributed by atoms with Crippen molar-refractivity contribution in [3.8, 4) is 0 Å². The molecule has 0 saturated carbocycles. The first-order valence-corrected chi connectivity index (χ1v) is 6.76. The Morgan fingerprint density at radius 3 is 2.50 bits per heavy atom. The number of benzene rings is 1. The van der Waals surface area contributed by atoms with Gasteiger partial charge in [-0.1, -0.05) is 6.07 Å². The highest BCUT2D eigenvalue weighted by Gasteiger charge is 2.19. The Balaban J connectivity index is 2.13. The number of carbonyl (C=O) groups is 2. The summed E-state index contributed by atoms with van der Waals surface area (Å²) in [6, 6.07) is 8.05. The summed E-state index contributed by atoms with van der Waals surface area (Å²) in [5, 5.41) is 13.4. The summed E-state index contributed by atoms with van der Waals surface area (Å²) in [5.41, 5.74) is 0.290. The van der Waals surface area contributed by atoms with E-state index in [4.69, 9.17) is 5.11 Å². The zero-order valence-corrected chi connectivity index (χ0v) is 11.2. The molecule has 20 heavy (non-hydrogen) atoms. The van der Waals surface area contributed by atoms with E-state index in [0.717, 1.165) is 4.88 Å². The fraction of sp³-hybridized carbons (Fsp3) is 0.143. The Morgan fingerprint density at radius 2 is 1.95 bits per heavy atom. The monoisotopic (exact) mass is 293 g/mol. The molecule has 0 bridgehead atoms. The number of halogens is 1. The average Bonchev–Trinajstić information content (AvgIpc) is 2.92. The molecule has 0 aliphatic heterocycles. The quantitative estimate of drug-likeness (QED) is 0.891. The van der Waals surface area contributed by atoms with Crippen LogP contribution in [-0.4, -0.2) is 17.0 Å². The van der Waals surface area contributed by atoms with E-state index >= 15 is 0 Å². The molecular formula is C14H12FNO3S. The van der Waals surface area contributed by atoms with Crippen LogP contribution in [0.15, 0.2) is 41.8 Å². The minimum atomic E-state index is -0.997. The topological polar surface area (TPSA) is 66.4 Å². The van der Waals surface area contributed by atoms with Crippen LogP contribution in [0.4, 0.5) is 4.39 Å². The Kier molecular flexibility index (Phi) is 4.47. The molecule has 0 spiro atoms. The molecule has 0 fully saturated rings. The van der Waals surface area contributed by atoms with Crippen LogP contribution in [0.3, 0.4) is 0 Å². The average molecular weight is 293 g/mol. The van der Waals surface area contributed by atoms with Crippen molar-refractivity contribution >= 4 is 23.2 Å². The van der Waals surface area contributed by atoms with Crippen molar-refractivity contribution in [1.29, 1.82) is 0 Å². The molecule has 1 aromatic carbocycles. The largest absolute Gasteiger partial charge is 0.481 e. The summed E-state index contributed by atoms with van der Waals surface area (Å²) in [5.74, 6) is -1.85. The lowest BCUT2D eigenvalue weighted by Crippen LogP contribution is -2.29. The predicted octanol–water partition coefficient (Wildman–Crippen LogP) is 2.83. The van der Waals surface area contributed by atoms with E-state index in [9.17, 15) is 14.0 Å². The van der Waals surface area contributed by atoms with Gasteiger partial charge in [-0.05, 0) is 35.7 Å². The number of nitrogens with one attached hydrogen (secondary N) is 1. The second kappa shape index (κ2) is 6.29. The van der Waals surface area contributed by atoms with Crippen molar-refractivity contribution < 1.29 is 19.1 Å². The van der Waals surface area contributed by atoms with E-state index < -0.39 is 23.7 Å². The molecule has 2 aromatic rings. The molecule has 104 valence electrons. The van der Waals surface area contributed by atoms with Crippen molar-refractivity contribution in [3.63, 3.8) is 0 Å². The van der Waals surface area contributed by atoms with Crippen LogP contribution in [-0.2, 0) is 4.79 Å². The lowest BCUT2D eigenvalue weighted by molar-refractivity contribution is -0.137. The van der Waals surface area contributed by atoms with Crippen LogP contribution in [0.25, 0.3) is 0 Å². The number of rotatable bonds is 5. The van der Waals surface area contributed by atoms with Crippen LogP contribution in [0.5, 0.6) is 0 Å². The molecule has 2 rings (SSSR count). The first kappa shape index (κ1) is 14.2. The fourth-order valence-corrected chi connectivity index (χ4v) is 2.51. The maximum absolute atomic E-state index is 12.8. The fourth-order valence-electron chi connectivity index (χ4n) is 1.73. The minimum Gasteiger partial charge on any atom is -0.481 e. The van der Waals surface area contributed by atoms with E-state index in [-0.39, 0.29) is 6.42 Å². The summed E-state index contributed by atoms with van der Waals surface area (Å²) < 4.78 is 12.8. The zero-order chi connectivity index (χ0) is 14.5. The van der Waals surface area contributed by atoms with Gasteiger partial charge in [0.25, 0.3) is 5.91 Å². The van der Waals surface area contributed by atoms with Gasteiger partial charge in [-0.15, -0.1) is 11.3 Å². The summed E-state index contributed by atoms with van der Waals surface area (Å²) >= 11 is 1.37. The summed E-state index contributed by atoms with van der Waals surface area (Å²) in [7, 11) is 0. The highest BCUT2D eigenvalue weighted by Crippen LogP contribution is 2.22. The molecule has 1 aromatic heterocycles. The number of carboxylic acid groups (broad SMARTS) is 1. The maximum Gasteiger partial charge on any atom is 0.305 e. The number of aliphatic carboxylic acids is 1. The molecule has 2 N–H and O–H groups in total. The molecule has 0 aliphatic rings. The van der Waals surface area contributed by atoms with Crippen molar-refractivity contribution in [3.05, 3.63) is 58.0 Å². The van der Waals surface area contributed by atoms with Gasteiger partial charge in [0, 0.05) is 10.4 Å². The van der Waals surface area contributed by atoms with Crippen LogP contribution < -0.4 is 5.32 Å². The van der Waals surface area contributed by atoms with Gasteiger partial charge in [-0.3, -0.25) is 9.59 Å². The van der Waals surface area contributed by atoms with Crippen LogP contribution in [0, 0.1) is 5.82 Å². The highest BCUT2D eigenvalue weighted by molar-refractivity contribution is 7.10. The third kappa shape index (κ3) is 3.64. The number of thiophene rings is 1. The maximum atomic E-state index is 12.8. The standard InChI is InChI=1S/C14H12FNO3S/c15-10-5-3-9(4-6-10)14(19)16-11(8-13(17)18)12-2-1-7-20-12/h1-7,11H,8H2,(H,16,19)(H,17,18)/t11-/m1/s1. The Bertz CT molecular complexity index is 595. The van der Waals surface area contributed by atoms with Crippen LogP contribution in [0.2, 0.25) is 0 Å². The Morgan fingerprint density at radius 1 is 1.25 bits per heavy atom. The first-order chi connectivity index (χ1) is 9.56. The third-order valence-corrected chi connectivity index (χ3v) is 3.66. The molecule has 0 saturated heterocycles. The normalized spacial score (nSPS) is 11.8. The van der Waals surface area contributed by atoms with E-state index in [2.05, 4.69) is 5.32 Å². The van der Waals surface area contributed by atoms with Gasteiger partial charge >= 0.3 is 5.97 Å². The van der Waals surface area contributed by atoms with Gasteiger partial charge in [-0.25, -0.2) is 4.39 Å². The van der Waals surface area contributed by atoms with Gasteiger partial charge in [0.15, 0.2) is 0 Å². The minimum absolute atomic E-state index is 0.201. The van der Waals surface area contributed by atoms with Crippen molar-refractivity contribution in [1.82, 2.24) is 5.32 Å². The zero-order valence-electron chi connectivity index (χ0n) is 10.4. The lowest BCUT2D eigenvalue weighted by Gasteiger charge is -2.15. The molecular weight excluding hydrogens is 281 g/mol. The van der Waals surface area contributed by atoms with E-state index in [1.165, 1.54) is 35.6 Å². The van der Waals surface area contributed by atoms with Crippen molar-refractivity contribution in [2.75, 3.05) is 0 Å². The number of carbonyl (C=O) groups excluding carboxylic acids is 1. The van der Waals surface area contributed by atoms with Crippen molar-refractivity contribution in [2.45, 2.75) is 12.5 Å². The molecule has 6 heteroatoms. The summed E-state index contributed by atoms with van der Waals surface area (Å²) in [6.45, 7) is 0. The number of hydrogen-bond donors (Lipinski definition) is 2. The molecule has 0 unspecified atom stereocenters. The molecule has 0 radical (unpaired) electrons. The van der Waals surface area contributed by atoms with Crippen molar-refractivity contribution in [2.24, 2.45) is 0 Å². The lowest BCUT2D eigenvalue weighted by atomic mass is 10.1. The second-order valence-corrected chi connectivity index (χ2v) is 5.13. The second-order valence-electron chi connectivity index (χ2n) is 4.15. The summed E-state index contributed by atoms with van der Waals surface area (Å²) in [6.07, 6.45) is -0.201. The van der Waals surface area contributed by atoms with E-state index in [0.29, 0.717) is 5.56 Å². The first-order valence-electron chi connectivity index (χ1n) is 5.88. The highest BCUT2D eigenvalue weighted by atomic mass is 32.1. The van der Waals surface area contributed by atoms with Crippen LogP contribution >= 0.6 is 11.3 Å². The number of hydrogen-bond acceptors (Lipinski definition) is 3. The molecule has 1 heterocycles. The number of amides is 1. The SMILES string of the molecule is O=C(O)C[C@@H](NC(=O)c1ccc(F)cc1)c1cccs1. The predicted molar refractivity (Wildman–Crippen MR) is 73.2 cm³/mol. The Labute approximate surface area is 118 Å². The van der Waals surface area contributed by atoms with E-state index in [1.54, 1.807) is 12.1 Å². The summed E-state index contributed by atoms with van der Waals surface area (Å²) in [4.78, 5) is 23.7. The smallest absolute Gasteiger partial charge is 0.305 e. The number of carboxylic acids is 1. The van der Waals surface area contributed by atoms with E-state index in [1.807, 2.05) is 5.38 Å². The third-order valence-electron chi connectivity index (χ3n) is 2.68. The Hall–Kier alpha value is -2.21. The molecule has 4 nitrogen and oxygen atoms in total. The molecule has 1 atom stereocenters. The van der Waals surface area contributed by atoms with Gasteiger partial charge in [0.05, 0.1) is 12.5 Å². The van der Waals surface area contributed by atoms with Crippen LogP contribution in [0.1, 0.15) is 27.7 Å². The molecule has 0 aliphatic carbocycles. The van der Waals surface area contributed by atoms with Gasteiger partial charge in [0.1, 0.15) is 5.82 Å².